The number of methoxy groups -OCH3 is 1. The SMILES string of the molecule is COc1cc(C=Nn2c(-c3cc4cc(Br)ccc4o3)nc3ccccc3c2=O)cc(I)c1OCc1ccc(Cl)c(Cl)c1. The smallest absolute Gasteiger partial charge is 0.282 e. The van der Waals surface area contributed by atoms with Crippen molar-refractivity contribution in [1.82, 2.24) is 9.66 Å². The molecule has 2 aromatic heterocycles. The lowest BCUT2D eigenvalue weighted by Gasteiger charge is -2.14. The molecule has 6 rings (SSSR count). The first-order chi connectivity index (χ1) is 20.3. The van der Waals surface area contributed by atoms with Crippen LogP contribution in [-0.4, -0.2) is 23.0 Å². The largest absolute Gasteiger partial charge is 0.493 e. The Balaban J connectivity index is 1.38. The van der Waals surface area contributed by atoms with E-state index in [4.69, 9.17) is 42.1 Å². The number of halogens is 4. The molecule has 0 bridgehead atoms. The van der Waals surface area contributed by atoms with Gasteiger partial charge in [0, 0.05) is 9.86 Å². The molecule has 0 spiro atoms. The summed E-state index contributed by atoms with van der Waals surface area (Å²) in [5.41, 5.74) is 2.45. The van der Waals surface area contributed by atoms with E-state index in [0.29, 0.717) is 49.4 Å². The summed E-state index contributed by atoms with van der Waals surface area (Å²) in [4.78, 5) is 18.4. The lowest BCUT2D eigenvalue weighted by atomic mass is 10.2. The molecule has 0 aliphatic heterocycles. The second kappa shape index (κ2) is 12.1. The molecule has 7 nitrogen and oxygen atoms in total. The normalized spacial score (nSPS) is 11.5. The molecule has 42 heavy (non-hydrogen) atoms. The first kappa shape index (κ1) is 28.7. The molecule has 4 aromatic carbocycles. The molecule has 11 heteroatoms. The van der Waals surface area contributed by atoms with Gasteiger partial charge in [0.2, 0.25) is 5.82 Å². The fourth-order valence-electron chi connectivity index (χ4n) is 4.38. The Kier molecular flexibility index (Phi) is 8.26. The molecule has 0 unspecified atom stereocenters. The Morgan fingerprint density at radius 3 is 2.69 bits per heavy atom. The molecular formula is C31H19BrCl2IN3O4. The van der Waals surface area contributed by atoms with Gasteiger partial charge in [0.1, 0.15) is 12.2 Å². The van der Waals surface area contributed by atoms with Gasteiger partial charge in [-0.05, 0) is 94.4 Å². The van der Waals surface area contributed by atoms with Gasteiger partial charge in [-0.15, -0.1) is 0 Å². The first-order valence-corrected chi connectivity index (χ1v) is 15.1. The zero-order valence-electron chi connectivity index (χ0n) is 21.8. The van der Waals surface area contributed by atoms with Crippen LogP contribution in [0.4, 0.5) is 0 Å². The van der Waals surface area contributed by atoms with E-state index in [-0.39, 0.29) is 18.0 Å². The predicted octanol–water partition coefficient (Wildman–Crippen LogP) is 8.95. The third-order valence-electron chi connectivity index (χ3n) is 6.39. The second-order valence-corrected chi connectivity index (χ2v) is 12.1. The average Bonchev–Trinajstić information content (AvgIpc) is 3.40. The molecule has 210 valence electrons. The van der Waals surface area contributed by atoms with Gasteiger partial charge >= 0.3 is 0 Å². The Bertz CT molecular complexity index is 2080. The van der Waals surface area contributed by atoms with E-state index in [2.05, 4.69) is 43.6 Å². The molecule has 0 saturated heterocycles. The lowest BCUT2D eigenvalue weighted by molar-refractivity contribution is 0.282. The number of para-hydroxylation sites is 1. The molecule has 0 radical (unpaired) electrons. The highest BCUT2D eigenvalue weighted by atomic mass is 127. The minimum Gasteiger partial charge on any atom is -0.493 e. The predicted molar refractivity (Wildman–Crippen MR) is 178 cm³/mol. The van der Waals surface area contributed by atoms with Crippen LogP contribution in [0.25, 0.3) is 33.5 Å². The quantitative estimate of drug-likeness (QED) is 0.120. The summed E-state index contributed by atoms with van der Waals surface area (Å²) in [6.45, 7) is 0.270. The summed E-state index contributed by atoms with van der Waals surface area (Å²) in [6, 6.07) is 23.7. The third kappa shape index (κ3) is 5.78. The van der Waals surface area contributed by atoms with Crippen molar-refractivity contribution in [3.8, 4) is 23.1 Å². The monoisotopic (exact) mass is 773 g/mol. The minimum absolute atomic E-state index is 0.270. The Morgan fingerprint density at radius 2 is 1.88 bits per heavy atom. The first-order valence-electron chi connectivity index (χ1n) is 12.5. The Labute approximate surface area is 271 Å². The van der Waals surface area contributed by atoms with Crippen LogP contribution in [0.2, 0.25) is 10.0 Å². The number of ether oxygens (including phenoxy) is 2. The summed E-state index contributed by atoms with van der Waals surface area (Å²) in [6.07, 6.45) is 1.58. The van der Waals surface area contributed by atoms with Gasteiger partial charge in [-0.3, -0.25) is 4.79 Å². The van der Waals surface area contributed by atoms with Crippen LogP contribution in [-0.2, 0) is 6.61 Å². The van der Waals surface area contributed by atoms with Crippen molar-refractivity contribution in [3.05, 3.63) is 118 Å². The summed E-state index contributed by atoms with van der Waals surface area (Å²) < 4.78 is 20.8. The molecule has 0 N–H and O–H groups in total. The third-order valence-corrected chi connectivity index (χ3v) is 8.43. The van der Waals surface area contributed by atoms with Crippen molar-refractivity contribution >= 4 is 89.8 Å². The van der Waals surface area contributed by atoms with Crippen LogP contribution >= 0.6 is 61.7 Å². The number of aromatic nitrogens is 2. The number of hydrogen-bond donors (Lipinski definition) is 0. The van der Waals surface area contributed by atoms with Crippen LogP contribution in [0.15, 0.2) is 97.6 Å². The van der Waals surface area contributed by atoms with Crippen molar-refractivity contribution in [3.63, 3.8) is 0 Å². The van der Waals surface area contributed by atoms with Gasteiger partial charge in [0.15, 0.2) is 17.3 Å². The highest BCUT2D eigenvalue weighted by molar-refractivity contribution is 14.1. The van der Waals surface area contributed by atoms with Crippen LogP contribution in [0.3, 0.4) is 0 Å². The van der Waals surface area contributed by atoms with E-state index < -0.39 is 0 Å². The molecular weight excluding hydrogens is 756 g/mol. The zero-order valence-corrected chi connectivity index (χ0v) is 27.0. The summed E-state index contributed by atoms with van der Waals surface area (Å²) in [5.74, 6) is 1.78. The van der Waals surface area contributed by atoms with Crippen LogP contribution in [0.5, 0.6) is 11.5 Å². The number of benzene rings is 4. The number of nitrogens with zero attached hydrogens (tertiary/aromatic N) is 3. The van der Waals surface area contributed by atoms with E-state index >= 15 is 0 Å². The Hall–Kier alpha value is -3.38. The summed E-state index contributed by atoms with van der Waals surface area (Å²) in [5, 5.41) is 6.82. The Morgan fingerprint density at radius 1 is 1.05 bits per heavy atom. The van der Waals surface area contributed by atoms with Gasteiger partial charge in [-0.25, -0.2) is 4.98 Å². The van der Waals surface area contributed by atoms with Gasteiger partial charge < -0.3 is 13.9 Å². The van der Waals surface area contributed by atoms with Crippen molar-refractivity contribution in [1.29, 1.82) is 0 Å². The van der Waals surface area contributed by atoms with Crippen molar-refractivity contribution in [2.24, 2.45) is 5.10 Å². The molecule has 0 aliphatic carbocycles. The van der Waals surface area contributed by atoms with Crippen molar-refractivity contribution < 1.29 is 13.9 Å². The topological polar surface area (TPSA) is 78.9 Å². The molecule has 2 heterocycles. The van der Waals surface area contributed by atoms with E-state index in [1.54, 1.807) is 49.7 Å². The van der Waals surface area contributed by atoms with Crippen molar-refractivity contribution in [2.75, 3.05) is 7.11 Å². The molecule has 0 atom stereocenters. The average molecular weight is 775 g/mol. The van der Waals surface area contributed by atoms with Crippen LogP contribution in [0.1, 0.15) is 11.1 Å². The van der Waals surface area contributed by atoms with Gasteiger partial charge in [0.05, 0.1) is 37.8 Å². The maximum atomic E-state index is 13.6. The van der Waals surface area contributed by atoms with Crippen molar-refractivity contribution in [2.45, 2.75) is 6.61 Å². The maximum absolute atomic E-state index is 13.6. The number of rotatable bonds is 7. The number of furan rings is 1. The fraction of sp³-hybridized carbons (Fsp3) is 0.0645. The van der Waals surface area contributed by atoms with E-state index in [9.17, 15) is 4.79 Å². The molecule has 0 amide bonds. The maximum Gasteiger partial charge on any atom is 0.282 e. The van der Waals surface area contributed by atoms with Crippen LogP contribution < -0.4 is 15.0 Å². The molecule has 0 fully saturated rings. The standard InChI is InChI=1S/C31H19BrCl2IN3O4/c1-40-27-12-18(11-24(35)29(27)41-16-17-6-8-22(33)23(34)10-17)15-36-38-30(37-25-5-3-2-4-21(25)31(38)39)28-14-19-13-20(32)7-9-26(19)42-28/h2-15H,16H2,1H3. The molecule has 0 saturated carbocycles. The van der Waals surface area contributed by atoms with E-state index in [0.717, 1.165) is 19.0 Å². The molecule has 6 aromatic rings. The summed E-state index contributed by atoms with van der Waals surface area (Å²) in [7, 11) is 1.56. The second-order valence-electron chi connectivity index (χ2n) is 9.18. The minimum atomic E-state index is -0.322. The number of hydrogen-bond acceptors (Lipinski definition) is 6. The zero-order chi connectivity index (χ0) is 29.4. The number of fused-ring (bicyclic) bond motifs is 2. The summed E-state index contributed by atoms with van der Waals surface area (Å²) >= 11 is 17.8. The van der Waals surface area contributed by atoms with Gasteiger partial charge in [-0.2, -0.15) is 9.78 Å². The molecule has 0 aliphatic rings. The highest BCUT2D eigenvalue weighted by Gasteiger charge is 2.17. The fourth-order valence-corrected chi connectivity index (χ4v) is 5.86. The van der Waals surface area contributed by atoms with Crippen LogP contribution in [0, 0.1) is 3.57 Å². The van der Waals surface area contributed by atoms with E-state index in [1.165, 1.54) is 4.68 Å². The highest BCUT2D eigenvalue weighted by Crippen LogP contribution is 2.35. The van der Waals surface area contributed by atoms with E-state index in [1.807, 2.05) is 42.5 Å². The lowest BCUT2D eigenvalue weighted by Crippen LogP contribution is -2.20. The van der Waals surface area contributed by atoms with Gasteiger partial charge in [0.25, 0.3) is 5.56 Å². The van der Waals surface area contributed by atoms with Gasteiger partial charge in [-0.1, -0.05) is 57.3 Å².